The minimum atomic E-state index is -0.179. The van der Waals surface area contributed by atoms with Crippen molar-refractivity contribution in [2.75, 3.05) is 19.7 Å². The van der Waals surface area contributed by atoms with E-state index in [0.29, 0.717) is 50.7 Å². The summed E-state index contributed by atoms with van der Waals surface area (Å²) in [5.41, 5.74) is 2.90. The van der Waals surface area contributed by atoms with Crippen LogP contribution in [-0.2, 0) is 24.4 Å². The maximum absolute atomic E-state index is 12.8. The van der Waals surface area contributed by atoms with Crippen molar-refractivity contribution < 1.29 is 14.3 Å². The molecular weight excluding hydrogens is 330 g/mol. The maximum atomic E-state index is 12.8. The Morgan fingerprint density at radius 1 is 1.19 bits per heavy atom. The second-order valence-corrected chi connectivity index (χ2v) is 6.24. The number of amides is 2. The van der Waals surface area contributed by atoms with Crippen LogP contribution >= 0.6 is 0 Å². The molecule has 0 fully saturated rings. The van der Waals surface area contributed by atoms with Gasteiger partial charge in [0.25, 0.3) is 11.8 Å². The van der Waals surface area contributed by atoms with Gasteiger partial charge in [-0.15, -0.1) is 0 Å². The molecule has 26 heavy (non-hydrogen) atoms. The van der Waals surface area contributed by atoms with Crippen molar-refractivity contribution in [1.82, 2.24) is 14.8 Å². The second-order valence-electron chi connectivity index (χ2n) is 6.24. The van der Waals surface area contributed by atoms with Gasteiger partial charge in [0.15, 0.2) is 0 Å². The van der Waals surface area contributed by atoms with Gasteiger partial charge >= 0.3 is 0 Å². The molecule has 3 rings (SSSR count). The van der Waals surface area contributed by atoms with E-state index in [-0.39, 0.29) is 11.8 Å². The van der Waals surface area contributed by atoms with Crippen molar-refractivity contribution in [2.45, 2.75) is 33.5 Å². The van der Waals surface area contributed by atoms with Crippen LogP contribution in [0.3, 0.4) is 0 Å². The summed E-state index contributed by atoms with van der Waals surface area (Å²) in [6.45, 7) is 7.12. The Labute approximate surface area is 153 Å². The van der Waals surface area contributed by atoms with Gasteiger partial charge in [-0.1, -0.05) is 30.3 Å². The summed E-state index contributed by atoms with van der Waals surface area (Å²) in [4.78, 5) is 27.3. The number of hydrogen-bond donors (Lipinski definition) is 1. The predicted molar refractivity (Wildman–Crippen MR) is 99.0 cm³/mol. The Kier molecular flexibility index (Phi) is 5.73. The van der Waals surface area contributed by atoms with Crippen LogP contribution in [0.1, 0.15) is 46.0 Å². The van der Waals surface area contributed by atoms with Crippen molar-refractivity contribution >= 4 is 11.8 Å². The van der Waals surface area contributed by atoms with Crippen LogP contribution in [-0.4, -0.2) is 41.0 Å². The van der Waals surface area contributed by atoms with Gasteiger partial charge in [-0.2, -0.15) is 0 Å². The molecule has 1 N–H and O–H groups in total. The molecule has 0 saturated heterocycles. The molecule has 138 valence electrons. The van der Waals surface area contributed by atoms with E-state index in [2.05, 4.69) is 5.32 Å². The first-order valence-corrected chi connectivity index (χ1v) is 9.07. The Balaban J connectivity index is 1.85. The third-order valence-electron chi connectivity index (χ3n) is 4.72. The minimum absolute atomic E-state index is 0.0414. The Morgan fingerprint density at radius 2 is 1.92 bits per heavy atom. The average molecular weight is 355 g/mol. The maximum Gasteiger partial charge on any atom is 0.270 e. The molecule has 6 nitrogen and oxygen atoms in total. The number of fused-ring (bicyclic) bond motifs is 1. The minimum Gasteiger partial charge on any atom is -0.373 e. The molecule has 0 unspecified atom stereocenters. The highest BCUT2D eigenvalue weighted by molar-refractivity contribution is 6.00. The summed E-state index contributed by atoms with van der Waals surface area (Å²) >= 11 is 0. The fraction of sp³-hybridized carbons (Fsp3) is 0.400. The van der Waals surface area contributed by atoms with Gasteiger partial charge < -0.3 is 19.5 Å². The molecule has 2 aromatic rings. The number of carbonyl (C=O) groups excluding carboxylic acids is 2. The van der Waals surface area contributed by atoms with Gasteiger partial charge in [0.2, 0.25) is 0 Å². The molecule has 6 heteroatoms. The summed E-state index contributed by atoms with van der Waals surface area (Å²) in [6.07, 6.45) is 0. The molecule has 1 aromatic carbocycles. The quantitative estimate of drug-likeness (QED) is 0.866. The molecule has 1 aliphatic rings. The van der Waals surface area contributed by atoms with Crippen molar-refractivity contribution in [3.05, 3.63) is 58.9 Å². The predicted octanol–water partition coefficient (Wildman–Crippen LogP) is 2.43. The molecule has 0 radical (unpaired) electrons. The fourth-order valence-corrected chi connectivity index (χ4v) is 3.24. The third kappa shape index (κ3) is 3.65. The van der Waals surface area contributed by atoms with Crippen LogP contribution in [0.15, 0.2) is 36.4 Å². The fourth-order valence-electron chi connectivity index (χ4n) is 3.24. The molecule has 0 aliphatic carbocycles. The SMILES string of the molecule is CCN(CC)C(=O)c1cc(C(=O)NCc2ccccc2)c2n1CCOC2. The van der Waals surface area contributed by atoms with Gasteiger partial charge in [-0.05, 0) is 25.5 Å². The number of benzene rings is 1. The van der Waals surface area contributed by atoms with E-state index >= 15 is 0 Å². The molecule has 1 aromatic heterocycles. The zero-order valence-corrected chi connectivity index (χ0v) is 15.3. The van der Waals surface area contributed by atoms with Gasteiger partial charge in [0, 0.05) is 26.2 Å². The molecule has 0 saturated carbocycles. The number of carbonyl (C=O) groups is 2. The number of hydrogen-bond acceptors (Lipinski definition) is 3. The third-order valence-corrected chi connectivity index (χ3v) is 4.72. The summed E-state index contributed by atoms with van der Waals surface area (Å²) < 4.78 is 7.46. The second kappa shape index (κ2) is 8.19. The summed E-state index contributed by atoms with van der Waals surface area (Å²) in [5.74, 6) is -0.220. The summed E-state index contributed by atoms with van der Waals surface area (Å²) in [6, 6.07) is 11.5. The van der Waals surface area contributed by atoms with Crippen LogP contribution in [0.25, 0.3) is 0 Å². The van der Waals surface area contributed by atoms with E-state index in [1.54, 1.807) is 11.0 Å². The van der Waals surface area contributed by atoms with E-state index in [4.69, 9.17) is 4.74 Å². The Bertz CT molecular complexity index is 779. The van der Waals surface area contributed by atoms with Crippen molar-refractivity contribution in [2.24, 2.45) is 0 Å². The van der Waals surface area contributed by atoms with Crippen LogP contribution < -0.4 is 5.32 Å². The highest BCUT2D eigenvalue weighted by Crippen LogP contribution is 2.22. The first-order valence-electron chi connectivity index (χ1n) is 9.07. The van der Waals surface area contributed by atoms with Crippen molar-refractivity contribution in [3.63, 3.8) is 0 Å². The number of rotatable bonds is 6. The topological polar surface area (TPSA) is 63.6 Å². The van der Waals surface area contributed by atoms with Crippen LogP contribution in [0.5, 0.6) is 0 Å². The lowest BCUT2D eigenvalue weighted by Gasteiger charge is -2.22. The molecule has 2 amide bonds. The Morgan fingerprint density at radius 3 is 2.62 bits per heavy atom. The lowest BCUT2D eigenvalue weighted by molar-refractivity contribution is 0.0702. The normalized spacial score (nSPS) is 13.2. The molecule has 0 spiro atoms. The largest absolute Gasteiger partial charge is 0.373 e. The highest BCUT2D eigenvalue weighted by Gasteiger charge is 2.27. The van der Waals surface area contributed by atoms with Crippen molar-refractivity contribution in [3.8, 4) is 0 Å². The van der Waals surface area contributed by atoms with Crippen LogP contribution in [0, 0.1) is 0 Å². The van der Waals surface area contributed by atoms with Gasteiger partial charge in [0.1, 0.15) is 5.69 Å². The van der Waals surface area contributed by atoms with Gasteiger partial charge in [-0.3, -0.25) is 9.59 Å². The molecule has 0 atom stereocenters. The molecule has 2 heterocycles. The van der Waals surface area contributed by atoms with E-state index in [1.165, 1.54) is 0 Å². The number of ether oxygens (including phenoxy) is 1. The molecule has 1 aliphatic heterocycles. The monoisotopic (exact) mass is 355 g/mol. The smallest absolute Gasteiger partial charge is 0.270 e. The number of nitrogens with one attached hydrogen (secondary N) is 1. The average Bonchev–Trinajstić information content (AvgIpc) is 3.07. The van der Waals surface area contributed by atoms with E-state index in [9.17, 15) is 9.59 Å². The first-order chi connectivity index (χ1) is 12.7. The van der Waals surface area contributed by atoms with Crippen molar-refractivity contribution in [1.29, 1.82) is 0 Å². The van der Waals surface area contributed by atoms with E-state index < -0.39 is 0 Å². The van der Waals surface area contributed by atoms with Crippen LogP contribution in [0.2, 0.25) is 0 Å². The summed E-state index contributed by atoms with van der Waals surface area (Å²) in [7, 11) is 0. The number of aromatic nitrogens is 1. The van der Waals surface area contributed by atoms with E-state index in [1.807, 2.05) is 48.7 Å². The lowest BCUT2D eigenvalue weighted by atomic mass is 10.2. The lowest BCUT2D eigenvalue weighted by Crippen LogP contribution is -2.33. The zero-order valence-electron chi connectivity index (χ0n) is 15.3. The van der Waals surface area contributed by atoms with Gasteiger partial charge in [-0.25, -0.2) is 0 Å². The van der Waals surface area contributed by atoms with E-state index in [0.717, 1.165) is 11.3 Å². The number of nitrogens with zero attached hydrogens (tertiary/aromatic N) is 2. The molecule has 0 bridgehead atoms. The van der Waals surface area contributed by atoms with Gasteiger partial charge in [0.05, 0.1) is 24.5 Å². The highest BCUT2D eigenvalue weighted by atomic mass is 16.5. The first kappa shape index (κ1) is 18.2. The standard InChI is InChI=1S/C20H25N3O3/c1-3-22(4-2)20(25)17-12-16(18-14-26-11-10-23(17)18)19(24)21-13-15-8-6-5-7-9-15/h5-9,12H,3-4,10-11,13-14H2,1-2H3,(H,21,24). The summed E-state index contributed by atoms with van der Waals surface area (Å²) in [5, 5.41) is 2.94. The Hall–Kier alpha value is -2.60. The van der Waals surface area contributed by atoms with Crippen LogP contribution in [0.4, 0.5) is 0 Å². The molecular formula is C20H25N3O3. The zero-order chi connectivity index (χ0) is 18.5.